The lowest BCUT2D eigenvalue weighted by Crippen LogP contribution is -2.53. The first-order chi connectivity index (χ1) is 7.79. The summed E-state index contributed by atoms with van der Waals surface area (Å²) in [6.45, 7) is 7.71. The molecule has 0 unspecified atom stereocenters. The van der Waals surface area contributed by atoms with Crippen LogP contribution < -0.4 is 5.19 Å². The molecule has 0 spiro atoms. The zero-order valence-electron chi connectivity index (χ0n) is 10.5. The van der Waals surface area contributed by atoms with Crippen LogP contribution in [0.15, 0.2) is 30.3 Å². The second-order valence-corrected chi connectivity index (χ2v) is 6.90. The van der Waals surface area contributed by atoms with Gasteiger partial charge >= 0.3 is 8.56 Å². The largest absolute Gasteiger partial charge is 0.391 e. The van der Waals surface area contributed by atoms with Gasteiger partial charge in [0.05, 0.1) is 0 Å². The number of hydrogen-bond acceptors (Lipinski definition) is 2. The number of hydrogen-bond donors (Lipinski definition) is 0. The van der Waals surface area contributed by atoms with E-state index >= 15 is 0 Å². The van der Waals surface area contributed by atoms with Gasteiger partial charge in [-0.3, -0.25) is 0 Å². The normalized spacial score (nSPS) is 11.7. The topological polar surface area (TPSA) is 18.5 Å². The highest BCUT2D eigenvalue weighted by molar-refractivity contribution is 6.81. The molecule has 90 valence electrons. The Labute approximate surface area is 99.8 Å². The van der Waals surface area contributed by atoms with Gasteiger partial charge in [-0.05, 0) is 25.1 Å². The first-order valence-corrected chi connectivity index (χ1v) is 8.14. The van der Waals surface area contributed by atoms with Crippen molar-refractivity contribution in [3.63, 3.8) is 0 Å². The van der Waals surface area contributed by atoms with Crippen molar-refractivity contribution in [1.29, 1.82) is 0 Å². The molecule has 0 saturated heterocycles. The third-order valence-corrected chi connectivity index (χ3v) is 6.43. The van der Waals surface area contributed by atoms with E-state index < -0.39 is 8.56 Å². The summed E-state index contributed by atoms with van der Waals surface area (Å²) in [5.74, 6) is 0. The van der Waals surface area contributed by atoms with Gasteiger partial charge in [0.2, 0.25) is 0 Å². The molecule has 0 aliphatic heterocycles. The van der Waals surface area contributed by atoms with Crippen LogP contribution in [0.4, 0.5) is 0 Å². The Bertz CT molecular complexity index is 270. The summed E-state index contributed by atoms with van der Waals surface area (Å²) in [5.41, 5.74) is 0. The minimum absolute atomic E-state index is 0.723. The summed E-state index contributed by atoms with van der Waals surface area (Å²) in [5, 5.41) is 1.25. The molecule has 1 aromatic carbocycles. The molecule has 1 aromatic rings. The van der Waals surface area contributed by atoms with Crippen LogP contribution in [-0.2, 0) is 8.85 Å². The molecule has 0 heterocycles. The molecule has 16 heavy (non-hydrogen) atoms. The maximum atomic E-state index is 6.01. The second kappa shape index (κ2) is 6.84. The zero-order chi connectivity index (χ0) is 11.9. The molecular weight excluding hydrogens is 216 g/mol. The fourth-order valence-electron chi connectivity index (χ4n) is 1.98. The Morgan fingerprint density at radius 3 is 1.94 bits per heavy atom. The first-order valence-electron chi connectivity index (χ1n) is 6.12. The molecule has 0 atom stereocenters. The van der Waals surface area contributed by atoms with Crippen LogP contribution in [0.3, 0.4) is 0 Å². The molecule has 0 radical (unpaired) electrons. The van der Waals surface area contributed by atoms with Gasteiger partial charge in [-0.25, -0.2) is 0 Å². The molecule has 0 aliphatic rings. The molecule has 2 nitrogen and oxygen atoms in total. The quantitative estimate of drug-likeness (QED) is 0.680. The van der Waals surface area contributed by atoms with Crippen molar-refractivity contribution in [2.45, 2.75) is 33.2 Å². The predicted octanol–water partition coefficient (Wildman–Crippen LogP) is 2.82. The molecule has 0 aromatic heterocycles. The van der Waals surface area contributed by atoms with Crippen LogP contribution in [-0.4, -0.2) is 21.8 Å². The fraction of sp³-hybridized carbons (Fsp3) is 0.538. The summed E-state index contributed by atoms with van der Waals surface area (Å²) in [4.78, 5) is 0. The van der Waals surface area contributed by atoms with Gasteiger partial charge in [-0.2, -0.15) is 0 Å². The van der Waals surface area contributed by atoms with E-state index in [-0.39, 0.29) is 0 Å². The third-order valence-electron chi connectivity index (χ3n) is 2.55. The van der Waals surface area contributed by atoms with E-state index in [0.717, 1.165) is 25.7 Å². The van der Waals surface area contributed by atoms with Crippen molar-refractivity contribution < 1.29 is 8.85 Å². The van der Waals surface area contributed by atoms with Crippen LogP contribution in [0.25, 0.3) is 0 Å². The van der Waals surface area contributed by atoms with Crippen molar-refractivity contribution >= 4 is 13.7 Å². The number of rotatable bonds is 7. The van der Waals surface area contributed by atoms with Crippen LogP contribution in [0.5, 0.6) is 0 Å². The predicted molar refractivity (Wildman–Crippen MR) is 70.2 cm³/mol. The lowest BCUT2D eigenvalue weighted by molar-refractivity contribution is 0.195. The monoisotopic (exact) mass is 238 g/mol. The van der Waals surface area contributed by atoms with Crippen LogP contribution >= 0.6 is 0 Å². The highest BCUT2D eigenvalue weighted by Crippen LogP contribution is 2.16. The van der Waals surface area contributed by atoms with E-state index in [9.17, 15) is 0 Å². The van der Waals surface area contributed by atoms with Gasteiger partial charge in [-0.15, -0.1) is 0 Å². The van der Waals surface area contributed by atoms with E-state index in [2.05, 4.69) is 31.2 Å². The Balaban J connectivity index is 2.99. The van der Waals surface area contributed by atoms with Gasteiger partial charge in [0.15, 0.2) is 0 Å². The van der Waals surface area contributed by atoms with Crippen molar-refractivity contribution in [2.75, 3.05) is 13.2 Å². The van der Waals surface area contributed by atoms with Crippen LogP contribution in [0, 0.1) is 0 Å². The van der Waals surface area contributed by atoms with E-state index in [4.69, 9.17) is 8.85 Å². The van der Waals surface area contributed by atoms with Gasteiger partial charge in [0.25, 0.3) is 0 Å². The SMILES string of the molecule is CCC[Si](OCC)(OCC)c1ccccc1. The minimum atomic E-state index is -2.17. The van der Waals surface area contributed by atoms with Gasteiger partial charge in [-0.1, -0.05) is 43.7 Å². The maximum Gasteiger partial charge on any atom is 0.372 e. The van der Waals surface area contributed by atoms with Crippen LogP contribution in [0.2, 0.25) is 6.04 Å². The maximum absolute atomic E-state index is 6.01. The molecule has 0 amide bonds. The van der Waals surface area contributed by atoms with Crippen molar-refractivity contribution in [3.8, 4) is 0 Å². The molecule has 3 heteroatoms. The average Bonchev–Trinajstić information content (AvgIpc) is 2.31. The Kier molecular flexibility index (Phi) is 5.73. The highest BCUT2D eigenvalue weighted by atomic mass is 28.4. The lowest BCUT2D eigenvalue weighted by atomic mass is 10.4. The van der Waals surface area contributed by atoms with E-state index in [0.29, 0.717) is 0 Å². The standard InChI is InChI=1S/C13H22O2Si/c1-4-12-16(14-5-2,15-6-3)13-10-8-7-9-11-13/h7-11H,4-6,12H2,1-3H3. The molecular formula is C13H22O2Si. The van der Waals surface area contributed by atoms with Crippen LogP contribution in [0.1, 0.15) is 27.2 Å². The van der Waals surface area contributed by atoms with Crippen molar-refractivity contribution in [3.05, 3.63) is 30.3 Å². The summed E-state index contributed by atoms with van der Waals surface area (Å²) < 4.78 is 12.0. The van der Waals surface area contributed by atoms with Gasteiger partial charge in [0.1, 0.15) is 0 Å². The smallest absolute Gasteiger partial charge is 0.372 e. The Morgan fingerprint density at radius 2 is 1.50 bits per heavy atom. The van der Waals surface area contributed by atoms with E-state index in [1.165, 1.54) is 5.19 Å². The molecule has 0 N–H and O–H groups in total. The molecule has 0 bridgehead atoms. The summed E-state index contributed by atoms with van der Waals surface area (Å²) in [6.07, 6.45) is 1.10. The summed E-state index contributed by atoms with van der Waals surface area (Å²) in [7, 11) is -2.17. The Morgan fingerprint density at radius 1 is 0.938 bits per heavy atom. The van der Waals surface area contributed by atoms with Gasteiger partial charge < -0.3 is 8.85 Å². The lowest BCUT2D eigenvalue weighted by Gasteiger charge is -2.30. The second-order valence-electron chi connectivity index (χ2n) is 3.73. The highest BCUT2D eigenvalue weighted by Gasteiger charge is 2.38. The van der Waals surface area contributed by atoms with E-state index in [1.54, 1.807) is 0 Å². The molecule has 0 aliphatic carbocycles. The average molecular weight is 238 g/mol. The molecule has 0 saturated carbocycles. The third kappa shape index (κ3) is 3.17. The minimum Gasteiger partial charge on any atom is -0.391 e. The molecule has 0 fully saturated rings. The van der Waals surface area contributed by atoms with E-state index in [1.807, 2.05) is 19.9 Å². The first kappa shape index (κ1) is 13.4. The van der Waals surface area contributed by atoms with Gasteiger partial charge in [0, 0.05) is 13.2 Å². The summed E-state index contributed by atoms with van der Waals surface area (Å²) >= 11 is 0. The molecule has 1 rings (SSSR count). The zero-order valence-corrected chi connectivity index (χ0v) is 11.5. The number of benzene rings is 1. The Hall–Kier alpha value is -0.643. The van der Waals surface area contributed by atoms with Crippen molar-refractivity contribution in [1.82, 2.24) is 0 Å². The summed E-state index contributed by atoms with van der Waals surface area (Å²) in [6, 6.07) is 11.4. The fourth-order valence-corrected chi connectivity index (χ4v) is 5.27. The van der Waals surface area contributed by atoms with Crippen molar-refractivity contribution in [2.24, 2.45) is 0 Å².